The minimum atomic E-state index is 0. The summed E-state index contributed by atoms with van der Waals surface area (Å²) in [6.45, 7) is 13.8. The van der Waals surface area contributed by atoms with E-state index < -0.39 is 0 Å². The number of benzene rings is 1. The van der Waals surface area contributed by atoms with Crippen molar-refractivity contribution in [2.75, 3.05) is 23.8 Å². The monoisotopic (exact) mass is 460 g/mol. The Morgan fingerprint density at radius 1 is 1.12 bits per heavy atom. The third-order valence-electron chi connectivity index (χ3n) is 5.89. The van der Waals surface area contributed by atoms with Crippen molar-refractivity contribution in [2.45, 2.75) is 93.2 Å². The van der Waals surface area contributed by atoms with E-state index in [9.17, 15) is 0 Å². The lowest BCUT2D eigenvalue weighted by Gasteiger charge is -2.41. The molecule has 0 saturated heterocycles. The summed E-state index contributed by atoms with van der Waals surface area (Å²) < 4.78 is 0. The number of aromatic nitrogens is 1. The van der Waals surface area contributed by atoms with E-state index in [0.29, 0.717) is 6.04 Å². The SMILES string of the molecule is C.CC.CCCC(CCC)N1CCC(NC)c2c1cc(C)nc2Nc1ccc(C)cc1Cl. The summed E-state index contributed by atoms with van der Waals surface area (Å²) in [6, 6.07) is 9.24. The van der Waals surface area contributed by atoms with Crippen molar-refractivity contribution < 1.29 is 0 Å². The number of pyridine rings is 1. The molecule has 0 spiro atoms. The summed E-state index contributed by atoms with van der Waals surface area (Å²) in [4.78, 5) is 7.52. The molecule has 1 aromatic carbocycles. The Balaban J connectivity index is 0.00000166. The molecule has 2 aromatic rings. The Kier molecular flexibility index (Phi) is 12.1. The number of rotatable bonds is 8. The fourth-order valence-electron chi connectivity index (χ4n) is 4.51. The molecule has 2 heterocycles. The highest BCUT2D eigenvalue weighted by atomic mass is 35.5. The molecule has 1 unspecified atom stereocenters. The van der Waals surface area contributed by atoms with Crippen LogP contribution in [0.25, 0.3) is 0 Å². The number of hydrogen-bond acceptors (Lipinski definition) is 4. The Hall–Kier alpha value is -1.78. The molecule has 1 aromatic heterocycles. The van der Waals surface area contributed by atoms with Crippen LogP contribution in [0.15, 0.2) is 24.3 Å². The Morgan fingerprint density at radius 3 is 2.34 bits per heavy atom. The number of fused-ring (bicyclic) bond motifs is 1. The molecule has 0 aliphatic carbocycles. The van der Waals surface area contributed by atoms with E-state index in [1.807, 2.05) is 33.0 Å². The summed E-state index contributed by atoms with van der Waals surface area (Å²) in [5, 5.41) is 7.79. The van der Waals surface area contributed by atoms with Gasteiger partial charge >= 0.3 is 0 Å². The second-order valence-electron chi connectivity index (χ2n) is 8.21. The van der Waals surface area contributed by atoms with E-state index in [-0.39, 0.29) is 13.5 Å². The minimum absolute atomic E-state index is 0. The van der Waals surface area contributed by atoms with Gasteiger partial charge in [-0.1, -0.05) is 65.6 Å². The van der Waals surface area contributed by atoms with Crippen LogP contribution in [0.5, 0.6) is 0 Å². The lowest BCUT2D eigenvalue weighted by Crippen LogP contribution is -2.42. The molecule has 4 nitrogen and oxygen atoms in total. The van der Waals surface area contributed by atoms with Crippen LogP contribution in [0.4, 0.5) is 17.2 Å². The fourth-order valence-corrected chi connectivity index (χ4v) is 4.80. The topological polar surface area (TPSA) is 40.2 Å². The van der Waals surface area contributed by atoms with Crippen molar-refractivity contribution in [3.05, 3.63) is 46.1 Å². The predicted molar refractivity (Wildman–Crippen MR) is 144 cm³/mol. The molecule has 0 amide bonds. The Bertz CT molecular complexity index is 831. The highest BCUT2D eigenvalue weighted by Gasteiger charge is 2.31. The van der Waals surface area contributed by atoms with Gasteiger partial charge in [0.15, 0.2) is 0 Å². The third-order valence-corrected chi connectivity index (χ3v) is 6.20. The first-order valence-corrected chi connectivity index (χ1v) is 12.3. The fraction of sp³-hybridized carbons (Fsp3) is 0.593. The molecule has 1 aliphatic heterocycles. The third kappa shape index (κ3) is 6.62. The van der Waals surface area contributed by atoms with Gasteiger partial charge in [-0.05, 0) is 63.9 Å². The second-order valence-corrected chi connectivity index (χ2v) is 8.62. The molecule has 32 heavy (non-hydrogen) atoms. The van der Waals surface area contributed by atoms with Crippen LogP contribution in [-0.2, 0) is 0 Å². The number of halogens is 1. The van der Waals surface area contributed by atoms with Gasteiger partial charge in [-0.3, -0.25) is 0 Å². The van der Waals surface area contributed by atoms with Crippen LogP contribution >= 0.6 is 11.6 Å². The summed E-state index contributed by atoms with van der Waals surface area (Å²) in [6.07, 6.45) is 5.95. The van der Waals surface area contributed by atoms with Gasteiger partial charge in [-0.15, -0.1) is 0 Å². The van der Waals surface area contributed by atoms with E-state index >= 15 is 0 Å². The van der Waals surface area contributed by atoms with E-state index in [1.54, 1.807) is 0 Å². The Labute approximate surface area is 202 Å². The average molecular weight is 461 g/mol. The van der Waals surface area contributed by atoms with Crippen molar-refractivity contribution in [2.24, 2.45) is 0 Å². The molecule has 2 N–H and O–H groups in total. The van der Waals surface area contributed by atoms with Crippen molar-refractivity contribution >= 4 is 28.8 Å². The maximum Gasteiger partial charge on any atom is 0.137 e. The minimum Gasteiger partial charge on any atom is -0.368 e. The van der Waals surface area contributed by atoms with Crippen LogP contribution in [0.2, 0.25) is 5.02 Å². The number of nitrogens with zero attached hydrogens (tertiary/aromatic N) is 2. The quantitative estimate of drug-likeness (QED) is 0.416. The van der Waals surface area contributed by atoms with Crippen LogP contribution in [0, 0.1) is 13.8 Å². The molecule has 1 atom stereocenters. The van der Waals surface area contributed by atoms with Gasteiger partial charge < -0.3 is 15.5 Å². The van der Waals surface area contributed by atoms with Gasteiger partial charge in [0, 0.05) is 35.6 Å². The van der Waals surface area contributed by atoms with Gasteiger partial charge in [0.1, 0.15) is 5.82 Å². The molecule has 0 saturated carbocycles. The van der Waals surface area contributed by atoms with Crippen molar-refractivity contribution in [1.82, 2.24) is 10.3 Å². The molecule has 5 heteroatoms. The van der Waals surface area contributed by atoms with Gasteiger partial charge in [0.25, 0.3) is 0 Å². The molecule has 1 aliphatic rings. The summed E-state index contributed by atoms with van der Waals surface area (Å²) in [5.41, 5.74) is 5.67. The number of hydrogen-bond donors (Lipinski definition) is 2. The number of aryl methyl sites for hydroxylation is 2. The molecule has 0 bridgehead atoms. The molecule has 3 rings (SSSR count). The predicted octanol–water partition coefficient (Wildman–Crippen LogP) is 8.20. The highest BCUT2D eigenvalue weighted by Crippen LogP contribution is 2.42. The Morgan fingerprint density at radius 2 is 1.78 bits per heavy atom. The molecular formula is C27H45ClN4. The number of anilines is 3. The summed E-state index contributed by atoms with van der Waals surface area (Å²) in [7, 11) is 2.04. The van der Waals surface area contributed by atoms with E-state index in [0.717, 1.165) is 40.8 Å². The zero-order valence-corrected chi connectivity index (χ0v) is 21.2. The molecule has 0 fully saturated rings. The summed E-state index contributed by atoms with van der Waals surface area (Å²) in [5.74, 6) is 0.918. The first kappa shape index (κ1) is 28.3. The maximum absolute atomic E-state index is 6.52. The van der Waals surface area contributed by atoms with Gasteiger partial charge in [-0.25, -0.2) is 4.98 Å². The van der Waals surface area contributed by atoms with E-state index in [4.69, 9.17) is 16.6 Å². The lowest BCUT2D eigenvalue weighted by molar-refractivity contribution is 0.448. The summed E-state index contributed by atoms with van der Waals surface area (Å²) >= 11 is 6.52. The van der Waals surface area contributed by atoms with Gasteiger partial charge in [0.2, 0.25) is 0 Å². The molecular weight excluding hydrogens is 416 g/mol. The average Bonchev–Trinajstić information content (AvgIpc) is 2.76. The normalized spacial score (nSPS) is 14.9. The van der Waals surface area contributed by atoms with E-state index in [1.165, 1.54) is 36.9 Å². The van der Waals surface area contributed by atoms with Gasteiger partial charge in [0.05, 0.1) is 10.7 Å². The van der Waals surface area contributed by atoms with E-state index in [2.05, 4.69) is 55.4 Å². The van der Waals surface area contributed by atoms with Crippen LogP contribution < -0.4 is 15.5 Å². The standard InChI is InChI=1S/C24H35ClN4.C2H6.CH4/c1-6-8-18(9-7-2)29-13-12-21(26-5)23-22(29)15-17(4)27-24(23)28-20-11-10-16(3)14-19(20)25;1-2;/h10-11,14-15,18,21,26H,6-9,12-13H2,1-5H3,(H,27,28);1-2H3;1H4. The second kappa shape index (κ2) is 13.7. The zero-order valence-electron chi connectivity index (χ0n) is 20.5. The first-order chi connectivity index (χ1) is 15.0. The van der Waals surface area contributed by atoms with Crippen molar-refractivity contribution in [1.29, 1.82) is 0 Å². The van der Waals surface area contributed by atoms with Crippen LogP contribution in [0.1, 0.15) is 90.1 Å². The molecule has 180 valence electrons. The largest absolute Gasteiger partial charge is 0.368 e. The van der Waals surface area contributed by atoms with Crippen molar-refractivity contribution in [3.8, 4) is 0 Å². The highest BCUT2D eigenvalue weighted by molar-refractivity contribution is 6.33. The van der Waals surface area contributed by atoms with Crippen LogP contribution in [-0.4, -0.2) is 24.6 Å². The smallest absolute Gasteiger partial charge is 0.137 e. The van der Waals surface area contributed by atoms with Crippen molar-refractivity contribution in [3.63, 3.8) is 0 Å². The zero-order chi connectivity index (χ0) is 23.0. The lowest BCUT2D eigenvalue weighted by atomic mass is 9.93. The number of nitrogens with one attached hydrogen (secondary N) is 2. The molecule has 0 radical (unpaired) electrons. The van der Waals surface area contributed by atoms with Gasteiger partial charge in [-0.2, -0.15) is 0 Å². The van der Waals surface area contributed by atoms with Crippen LogP contribution in [0.3, 0.4) is 0 Å². The maximum atomic E-state index is 6.52. The first-order valence-electron chi connectivity index (χ1n) is 12.0.